The Morgan fingerprint density at radius 3 is 3.00 bits per heavy atom. The number of rotatable bonds is 3. The highest BCUT2D eigenvalue weighted by molar-refractivity contribution is 5.93. The van der Waals surface area contributed by atoms with Crippen LogP contribution < -0.4 is 16.4 Å². The number of nitrogens with zero attached hydrogens (tertiary/aromatic N) is 1. The molecule has 22 heavy (non-hydrogen) atoms. The lowest BCUT2D eigenvalue weighted by molar-refractivity contribution is -0.131. The molecule has 0 saturated carbocycles. The maximum Gasteiger partial charge on any atom is 0.258 e. The smallest absolute Gasteiger partial charge is 0.258 e. The van der Waals surface area contributed by atoms with Gasteiger partial charge in [0, 0.05) is 35.6 Å². The summed E-state index contributed by atoms with van der Waals surface area (Å²) in [6.07, 6.45) is 2.73. The molecule has 0 aliphatic carbocycles. The number of nitrogens with one attached hydrogen (secondary N) is 2. The second-order valence-corrected chi connectivity index (χ2v) is 5.35. The summed E-state index contributed by atoms with van der Waals surface area (Å²) in [6.45, 7) is 3.11. The van der Waals surface area contributed by atoms with Crippen LogP contribution in [0, 0.1) is 0 Å². The molecule has 6 heteroatoms. The van der Waals surface area contributed by atoms with Gasteiger partial charge in [-0.3, -0.25) is 14.4 Å². The molecule has 1 aromatic carbocycles. The Morgan fingerprint density at radius 1 is 1.32 bits per heavy atom. The summed E-state index contributed by atoms with van der Waals surface area (Å²) < 4.78 is 1.67. The first kappa shape index (κ1) is 14.6. The van der Waals surface area contributed by atoms with Gasteiger partial charge in [-0.1, -0.05) is 6.07 Å². The molecule has 1 saturated heterocycles. The molecule has 2 heterocycles. The van der Waals surface area contributed by atoms with Gasteiger partial charge in [0.1, 0.15) is 0 Å². The van der Waals surface area contributed by atoms with E-state index in [0.717, 1.165) is 17.6 Å². The summed E-state index contributed by atoms with van der Waals surface area (Å²) in [5.41, 5.74) is 3.26. The van der Waals surface area contributed by atoms with Crippen molar-refractivity contribution in [2.24, 2.45) is 0 Å². The summed E-state index contributed by atoms with van der Waals surface area (Å²) >= 11 is 0. The quantitative estimate of drug-likeness (QED) is 0.907. The SMILES string of the molecule is CCNc1cccc2c(=O)n(C3CCC(=O)NOC3)ccc12. The van der Waals surface area contributed by atoms with Crippen LogP contribution in [-0.4, -0.2) is 23.6 Å². The molecule has 1 fully saturated rings. The molecular weight excluding hydrogens is 282 g/mol. The Labute approximate surface area is 128 Å². The zero-order valence-corrected chi connectivity index (χ0v) is 12.5. The molecule has 1 unspecified atom stereocenters. The molecule has 2 N–H and O–H groups in total. The Balaban J connectivity index is 2.03. The van der Waals surface area contributed by atoms with E-state index in [1.165, 1.54) is 0 Å². The van der Waals surface area contributed by atoms with Crippen molar-refractivity contribution in [3.05, 3.63) is 40.8 Å². The third-order valence-electron chi connectivity index (χ3n) is 3.90. The topological polar surface area (TPSA) is 72.4 Å². The van der Waals surface area contributed by atoms with E-state index in [-0.39, 0.29) is 17.5 Å². The van der Waals surface area contributed by atoms with Crippen LogP contribution in [0.2, 0.25) is 0 Å². The monoisotopic (exact) mass is 301 g/mol. The fourth-order valence-corrected chi connectivity index (χ4v) is 2.79. The van der Waals surface area contributed by atoms with Gasteiger partial charge in [-0.25, -0.2) is 5.48 Å². The average Bonchev–Trinajstić information content (AvgIpc) is 2.73. The van der Waals surface area contributed by atoms with Crippen LogP contribution in [0.1, 0.15) is 25.8 Å². The predicted octanol–water partition coefficient (Wildman–Crippen LogP) is 1.82. The molecule has 2 aromatic rings. The van der Waals surface area contributed by atoms with Crippen molar-refractivity contribution in [3.8, 4) is 0 Å². The highest BCUT2D eigenvalue weighted by Gasteiger charge is 2.20. The second-order valence-electron chi connectivity index (χ2n) is 5.35. The van der Waals surface area contributed by atoms with Crippen molar-refractivity contribution in [2.45, 2.75) is 25.8 Å². The van der Waals surface area contributed by atoms with Crippen molar-refractivity contribution < 1.29 is 9.63 Å². The van der Waals surface area contributed by atoms with Crippen LogP contribution in [0.3, 0.4) is 0 Å². The number of benzene rings is 1. The highest BCUT2D eigenvalue weighted by Crippen LogP contribution is 2.22. The standard InChI is InChI=1S/C16H19N3O3/c1-2-17-14-5-3-4-13-12(14)8-9-19(16(13)21)11-6-7-15(20)18-22-10-11/h3-5,8-9,11,17H,2,6-7,10H2,1H3,(H,18,20). The Kier molecular flexibility index (Phi) is 4.11. The molecular formula is C16H19N3O3. The number of fused-ring (bicyclic) bond motifs is 1. The van der Waals surface area contributed by atoms with E-state index >= 15 is 0 Å². The minimum Gasteiger partial charge on any atom is -0.385 e. The van der Waals surface area contributed by atoms with Gasteiger partial charge in [-0.15, -0.1) is 0 Å². The summed E-state index contributed by atoms with van der Waals surface area (Å²) in [4.78, 5) is 29.2. The van der Waals surface area contributed by atoms with Crippen molar-refractivity contribution >= 4 is 22.4 Å². The summed E-state index contributed by atoms with van der Waals surface area (Å²) in [5, 5.41) is 4.85. The summed E-state index contributed by atoms with van der Waals surface area (Å²) in [5.74, 6) is -0.147. The number of hydroxylamine groups is 1. The van der Waals surface area contributed by atoms with Gasteiger partial charge >= 0.3 is 0 Å². The maximum absolute atomic E-state index is 12.8. The number of anilines is 1. The molecule has 0 spiro atoms. The van der Waals surface area contributed by atoms with Crippen LogP contribution in [0.25, 0.3) is 10.8 Å². The van der Waals surface area contributed by atoms with Gasteiger partial charge in [-0.05, 0) is 31.5 Å². The maximum atomic E-state index is 12.8. The lowest BCUT2D eigenvalue weighted by Gasteiger charge is -2.17. The molecule has 1 aromatic heterocycles. The van der Waals surface area contributed by atoms with E-state index < -0.39 is 0 Å². The lowest BCUT2D eigenvalue weighted by atomic mass is 10.1. The van der Waals surface area contributed by atoms with Crippen LogP contribution in [0.15, 0.2) is 35.3 Å². The van der Waals surface area contributed by atoms with Gasteiger partial charge in [0.05, 0.1) is 12.6 Å². The summed E-state index contributed by atoms with van der Waals surface area (Å²) in [6, 6.07) is 7.47. The van der Waals surface area contributed by atoms with Crippen molar-refractivity contribution in [1.82, 2.24) is 10.0 Å². The minimum absolute atomic E-state index is 0.0554. The molecule has 6 nitrogen and oxygen atoms in total. The number of pyridine rings is 1. The van der Waals surface area contributed by atoms with Crippen LogP contribution in [-0.2, 0) is 9.63 Å². The zero-order valence-electron chi connectivity index (χ0n) is 12.5. The van der Waals surface area contributed by atoms with Crippen molar-refractivity contribution in [2.75, 3.05) is 18.5 Å². The molecule has 0 bridgehead atoms. The van der Waals surface area contributed by atoms with Gasteiger partial charge in [-0.2, -0.15) is 0 Å². The van der Waals surface area contributed by atoms with Crippen LogP contribution in [0.5, 0.6) is 0 Å². The second kappa shape index (κ2) is 6.19. The fraction of sp³-hybridized carbons (Fsp3) is 0.375. The molecule has 1 aliphatic rings. The number of hydrogen-bond donors (Lipinski definition) is 2. The van der Waals surface area contributed by atoms with Gasteiger partial charge in [0.25, 0.3) is 5.56 Å². The first-order valence-electron chi connectivity index (χ1n) is 7.49. The Morgan fingerprint density at radius 2 is 2.18 bits per heavy atom. The van der Waals surface area contributed by atoms with Crippen LogP contribution >= 0.6 is 0 Å². The summed E-state index contributed by atoms with van der Waals surface area (Å²) in [7, 11) is 0. The van der Waals surface area contributed by atoms with E-state index in [1.54, 1.807) is 10.8 Å². The van der Waals surface area contributed by atoms with Crippen molar-refractivity contribution in [1.29, 1.82) is 0 Å². The van der Waals surface area contributed by atoms with E-state index in [2.05, 4.69) is 10.8 Å². The molecule has 1 atom stereocenters. The van der Waals surface area contributed by atoms with E-state index in [4.69, 9.17) is 4.84 Å². The number of amides is 1. The number of aromatic nitrogens is 1. The lowest BCUT2D eigenvalue weighted by Crippen LogP contribution is -2.27. The van der Waals surface area contributed by atoms with Gasteiger partial charge < -0.3 is 9.88 Å². The minimum atomic E-state index is -0.147. The van der Waals surface area contributed by atoms with Crippen LogP contribution in [0.4, 0.5) is 5.69 Å². The van der Waals surface area contributed by atoms with Gasteiger partial charge in [0.2, 0.25) is 5.91 Å². The number of carbonyl (C=O) groups excluding carboxylic acids is 1. The first-order chi connectivity index (χ1) is 10.7. The predicted molar refractivity (Wildman–Crippen MR) is 84.7 cm³/mol. The molecule has 116 valence electrons. The van der Waals surface area contributed by atoms with Crippen molar-refractivity contribution in [3.63, 3.8) is 0 Å². The highest BCUT2D eigenvalue weighted by atomic mass is 16.7. The van der Waals surface area contributed by atoms with E-state index in [0.29, 0.717) is 24.8 Å². The van der Waals surface area contributed by atoms with Gasteiger partial charge in [0.15, 0.2) is 0 Å². The first-order valence-corrected chi connectivity index (χ1v) is 7.49. The third kappa shape index (κ3) is 2.69. The third-order valence-corrected chi connectivity index (χ3v) is 3.90. The fourth-order valence-electron chi connectivity index (χ4n) is 2.79. The Hall–Kier alpha value is -2.34. The molecule has 0 radical (unpaired) electrons. The zero-order chi connectivity index (χ0) is 15.5. The number of carbonyl (C=O) groups is 1. The Bertz CT molecular complexity index is 754. The average molecular weight is 301 g/mol. The molecule has 1 amide bonds. The van der Waals surface area contributed by atoms with E-state index in [1.807, 2.05) is 31.2 Å². The molecule has 3 rings (SSSR count). The molecule has 1 aliphatic heterocycles. The normalized spacial score (nSPS) is 18.8. The number of hydrogen-bond acceptors (Lipinski definition) is 4. The largest absolute Gasteiger partial charge is 0.385 e. The van der Waals surface area contributed by atoms with E-state index in [9.17, 15) is 9.59 Å².